The second kappa shape index (κ2) is 4.37. The number of H-pyrrole nitrogens is 1. The molecule has 5 N–H and O–H groups in total. The van der Waals surface area contributed by atoms with E-state index in [-0.39, 0.29) is 29.7 Å². The van der Waals surface area contributed by atoms with Crippen LogP contribution in [0.5, 0.6) is 0 Å². The third kappa shape index (κ3) is 2.26. The van der Waals surface area contributed by atoms with E-state index >= 15 is 0 Å². The molecule has 0 atom stereocenters. The van der Waals surface area contributed by atoms with Crippen molar-refractivity contribution in [3.8, 4) is 0 Å². The summed E-state index contributed by atoms with van der Waals surface area (Å²) in [6, 6.07) is 0.0381. The molecule has 94 valence electrons. The third-order valence-corrected chi connectivity index (χ3v) is 3.07. The lowest BCUT2D eigenvalue weighted by Crippen LogP contribution is -2.46. The molecule has 0 radical (unpaired) electrons. The fraction of sp³-hybridized carbons (Fsp3) is 0.636. The van der Waals surface area contributed by atoms with Crippen LogP contribution < -0.4 is 11.1 Å². The van der Waals surface area contributed by atoms with Crippen LogP contribution in [0.4, 0.5) is 5.69 Å². The minimum Gasteiger partial charge on any atom is -0.395 e. The first kappa shape index (κ1) is 11.9. The van der Waals surface area contributed by atoms with E-state index in [2.05, 4.69) is 15.5 Å². The highest BCUT2D eigenvalue weighted by atomic mass is 16.3. The standard InChI is InChI=1S/C11H18N4O2/c1-5(2)9-8(12)10(15-14-9)11(17)13-6-3-7(16)4-6/h5-7,16H,3-4,12H2,1-2H3,(H,13,17)(H,14,15). The van der Waals surface area contributed by atoms with Crippen molar-refractivity contribution < 1.29 is 9.90 Å². The molecule has 1 aliphatic carbocycles. The molecule has 6 heteroatoms. The highest BCUT2D eigenvalue weighted by Gasteiger charge is 2.30. The number of carbonyl (C=O) groups is 1. The monoisotopic (exact) mass is 238 g/mol. The number of carbonyl (C=O) groups excluding carboxylic acids is 1. The van der Waals surface area contributed by atoms with Gasteiger partial charge < -0.3 is 16.2 Å². The van der Waals surface area contributed by atoms with Crippen molar-refractivity contribution in [2.24, 2.45) is 0 Å². The van der Waals surface area contributed by atoms with Crippen molar-refractivity contribution >= 4 is 11.6 Å². The highest BCUT2D eigenvalue weighted by Crippen LogP contribution is 2.23. The quantitative estimate of drug-likeness (QED) is 0.610. The zero-order valence-corrected chi connectivity index (χ0v) is 10.0. The Morgan fingerprint density at radius 1 is 1.59 bits per heavy atom. The maximum Gasteiger partial charge on any atom is 0.274 e. The summed E-state index contributed by atoms with van der Waals surface area (Å²) in [5.41, 5.74) is 7.30. The molecule has 0 aromatic carbocycles. The van der Waals surface area contributed by atoms with Crippen LogP contribution in [-0.2, 0) is 0 Å². The fourth-order valence-corrected chi connectivity index (χ4v) is 1.94. The SMILES string of the molecule is CC(C)c1[nH]nc(C(=O)NC2CC(O)C2)c1N. The number of nitrogens with two attached hydrogens (primary N) is 1. The molecule has 0 unspecified atom stereocenters. The van der Waals surface area contributed by atoms with E-state index in [1.165, 1.54) is 0 Å². The maximum absolute atomic E-state index is 11.9. The average molecular weight is 238 g/mol. The summed E-state index contributed by atoms with van der Waals surface area (Å²) in [6.07, 6.45) is 0.920. The van der Waals surface area contributed by atoms with Crippen LogP contribution in [0.25, 0.3) is 0 Å². The van der Waals surface area contributed by atoms with E-state index in [0.717, 1.165) is 5.69 Å². The molecular formula is C11H18N4O2. The Morgan fingerprint density at radius 2 is 2.24 bits per heavy atom. The molecule has 1 aromatic rings. The minimum absolute atomic E-state index is 0.0381. The van der Waals surface area contributed by atoms with Gasteiger partial charge in [-0.15, -0.1) is 0 Å². The summed E-state index contributed by atoms with van der Waals surface area (Å²) in [7, 11) is 0. The fourth-order valence-electron chi connectivity index (χ4n) is 1.94. The number of anilines is 1. The summed E-state index contributed by atoms with van der Waals surface area (Å²) < 4.78 is 0. The number of aromatic amines is 1. The van der Waals surface area contributed by atoms with E-state index < -0.39 is 0 Å². The van der Waals surface area contributed by atoms with Gasteiger partial charge in [-0.25, -0.2) is 0 Å². The zero-order chi connectivity index (χ0) is 12.6. The predicted molar refractivity (Wildman–Crippen MR) is 63.6 cm³/mol. The van der Waals surface area contributed by atoms with Crippen LogP contribution in [-0.4, -0.2) is 33.4 Å². The largest absolute Gasteiger partial charge is 0.395 e. The molecule has 1 heterocycles. The molecule has 0 spiro atoms. The molecule has 0 bridgehead atoms. The van der Waals surface area contributed by atoms with Crippen LogP contribution in [0.15, 0.2) is 0 Å². The topological polar surface area (TPSA) is 104 Å². The van der Waals surface area contributed by atoms with Crippen LogP contribution in [0.2, 0.25) is 0 Å². The normalized spacial score (nSPS) is 23.5. The van der Waals surface area contributed by atoms with E-state index in [1.54, 1.807) is 0 Å². The van der Waals surface area contributed by atoms with Crippen molar-refractivity contribution in [3.63, 3.8) is 0 Å². The van der Waals surface area contributed by atoms with Gasteiger partial charge in [0.1, 0.15) is 0 Å². The Labute approximate surface area is 99.6 Å². The smallest absolute Gasteiger partial charge is 0.274 e. The van der Waals surface area contributed by atoms with Crippen molar-refractivity contribution in [2.75, 3.05) is 5.73 Å². The number of aromatic nitrogens is 2. The van der Waals surface area contributed by atoms with Gasteiger partial charge in [-0.1, -0.05) is 13.8 Å². The van der Waals surface area contributed by atoms with Crippen molar-refractivity contribution in [1.29, 1.82) is 0 Å². The van der Waals surface area contributed by atoms with E-state index in [4.69, 9.17) is 10.8 Å². The average Bonchev–Trinajstić information content (AvgIpc) is 2.57. The number of hydrogen-bond acceptors (Lipinski definition) is 4. The van der Waals surface area contributed by atoms with Crippen LogP contribution in [0.1, 0.15) is 48.8 Å². The second-order valence-corrected chi connectivity index (χ2v) is 4.85. The van der Waals surface area contributed by atoms with E-state index in [9.17, 15) is 4.79 Å². The van der Waals surface area contributed by atoms with Gasteiger partial charge in [-0.2, -0.15) is 5.10 Å². The Kier molecular flexibility index (Phi) is 3.06. The summed E-state index contributed by atoms with van der Waals surface area (Å²) >= 11 is 0. The Morgan fingerprint density at radius 3 is 2.71 bits per heavy atom. The minimum atomic E-state index is -0.289. The molecule has 1 fully saturated rings. The zero-order valence-electron chi connectivity index (χ0n) is 10.0. The lowest BCUT2D eigenvalue weighted by Gasteiger charge is -2.31. The maximum atomic E-state index is 11.9. The van der Waals surface area contributed by atoms with Gasteiger partial charge in [0.05, 0.1) is 17.5 Å². The van der Waals surface area contributed by atoms with E-state index in [1.807, 2.05) is 13.8 Å². The van der Waals surface area contributed by atoms with Crippen molar-refractivity contribution in [3.05, 3.63) is 11.4 Å². The van der Waals surface area contributed by atoms with Crippen LogP contribution >= 0.6 is 0 Å². The van der Waals surface area contributed by atoms with Crippen LogP contribution in [0, 0.1) is 0 Å². The molecule has 1 aliphatic rings. The molecule has 0 saturated heterocycles. The summed E-state index contributed by atoms with van der Waals surface area (Å²) in [5.74, 6) is -0.0721. The van der Waals surface area contributed by atoms with Gasteiger partial charge in [0.25, 0.3) is 5.91 Å². The number of nitrogens with zero attached hydrogens (tertiary/aromatic N) is 1. The molecular weight excluding hydrogens is 220 g/mol. The molecule has 2 rings (SSSR count). The number of aliphatic hydroxyl groups is 1. The summed E-state index contributed by atoms with van der Waals surface area (Å²) in [6.45, 7) is 3.96. The van der Waals surface area contributed by atoms with Gasteiger partial charge in [0, 0.05) is 6.04 Å². The number of aliphatic hydroxyl groups excluding tert-OH is 1. The highest BCUT2D eigenvalue weighted by molar-refractivity contribution is 5.97. The Balaban J connectivity index is 2.04. The van der Waals surface area contributed by atoms with Crippen molar-refractivity contribution in [2.45, 2.75) is 44.8 Å². The van der Waals surface area contributed by atoms with Gasteiger partial charge in [-0.05, 0) is 18.8 Å². The second-order valence-electron chi connectivity index (χ2n) is 4.85. The number of nitrogen functional groups attached to an aromatic ring is 1. The molecule has 0 aliphatic heterocycles. The molecule has 17 heavy (non-hydrogen) atoms. The molecule has 1 saturated carbocycles. The lowest BCUT2D eigenvalue weighted by atomic mass is 9.89. The first-order chi connectivity index (χ1) is 7.99. The Bertz CT molecular complexity index is 421. The molecule has 6 nitrogen and oxygen atoms in total. The lowest BCUT2D eigenvalue weighted by molar-refractivity contribution is 0.0561. The van der Waals surface area contributed by atoms with Gasteiger partial charge in [0.15, 0.2) is 5.69 Å². The number of amides is 1. The van der Waals surface area contributed by atoms with Gasteiger partial charge in [0.2, 0.25) is 0 Å². The van der Waals surface area contributed by atoms with Crippen LogP contribution in [0.3, 0.4) is 0 Å². The van der Waals surface area contributed by atoms with Crippen molar-refractivity contribution in [1.82, 2.24) is 15.5 Å². The van der Waals surface area contributed by atoms with Gasteiger partial charge in [-0.3, -0.25) is 9.89 Å². The molecule has 1 aromatic heterocycles. The summed E-state index contributed by atoms with van der Waals surface area (Å²) in [5, 5.41) is 18.7. The first-order valence-corrected chi connectivity index (χ1v) is 5.81. The van der Waals surface area contributed by atoms with E-state index in [0.29, 0.717) is 18.5 Å². The Hall–Kier alpha value is -1.56. The summed E-state index contributed by atoms with van der Waals surface area (Å²) in [4.78, 5) is 11.9. The predicted octanol–water partition coefficient (Wildman–Crippen LogP) is 0.368. The van der Waals surface area contributed by atoms with Gasteiger partial charge >= 0.3 is 0 Å². The number of rotatable bonds is 3. The first-order valence-electron chi connectivity index (χ1n) is 5.81. The number of nitrogens with one attached hydrogen (secondary N) is 2. The number of hydrogen-bond donors (Lipinski definition) is 4. The third-order valence-electron chi connectivity index (χ3n) is 3.07. The molecule has 1 amide bonds.